The minimum absolute atomic E-state index is 0.399. The monoisotopic (exact) mass is 420 g/mol. The van der Waals surface area contributed by atoms with Gasteiger partial charge in [-0.15, -0.1) is 0 Å². The van der Waals surface area contributed by atoms with Crippen LogP contribution in [0.4, 0.5) is 0 Å². The number of hydrogen-bond donors (Lipinski definition) is 0. The molecule has 0 aliphatic heterocycles. The molecule has 0 N–H and O–H groups in total. The van der Waals surface area contributed by atoms with E-state index >= 15 is 0 Å². The van der Waals surface area contributed by atoms with E-state index in [4.69, 9.17) is 33.1 Å². The second kappa shape index (κ2) is 11.4. The molecule has 0 aliphatic rings. The van der Waals surface area contributed by atoms with Gasteiger partial charge in [0.2, 0.25) is 6.33 Å². The van der Waals surface area contributed by atoms with Crippen LogP contribution in [0.25, 0.3) is 0 Å². The Morgan fingerprint density at radius 2 is 1.44 bits per heavy atom. The minimum Gasteiger partial charge on any atom is -0.691 e. The van der Waals surface area contributed by atoms with Crippen LogP contribution in [-0.2, 0) is 59.9 Å². The Morgan fingerprint density at radius 3 is 1.78 bits per heavy atom. The summed E-state index contributed by atoms with van der Waals surface area (Å²) in [7, 11) is 2.02. The smallest absolute Gasteiger partial charge is 0.243 e. The lowest BCUT2D eigenvalue weighted by Crippen LogP contribution is -2.23. The highest BCUT2D eigenvalue weighted by Crippen LogP contribution is 2.47. The van der Waals surface area contributed by atoms with Crippen molar-refractivity contribution in [2.75, 3.05) is 0 Å². The van der Waals surface area contributed by atoms with Gasteiger partial charge >= 0.3 is 0 Å². The summed E-state index contributed by atoms with van der Waals surface area (Å²) in [5, 5.41) is 0. The highest BCUT2D eigenvalue weighted by molar-refractivity contribution is 8.51. The first-order valence-corrected chi connectivity index (χ1v) is 12.3. The summed E-state index contributed by atoms with van der Waals surface area (Å²) in [6.07, 6.45) is 6.14. The van der Waals surface area contributed by atoms with Crippen molar-refractivity contribution in [3.8, 4) is 0 Å². The summed E-state index contributed by atoms with van der Waals surface area (Å²) >= 11 is 10.4. The number of imidazole rings is 1. The second-order valence-electron chi connectivity index (χ2n) is 5.87. The van der Waals surface area contributed by atoms with E-state index in [1.165, 1.54) is 0 Å². The molecule has 0 saturated heterocycles. The van der Waals surface area contributed by atoms with Crippen molar-refractivity contribution >= 4 is 29.7 Å². The average Bonchev–Trinajstić information content (AvgIpc) is 3.13. The number of aryl methyl sites for hydroxylation is 2. The van der Waals surface area contributed by atoms with Crippen LogP contribution in [0, 0.1) is 0 Å². The molecular formula is C20H25N2O2PS2. The molecule has 0 bridgehead atoms. The number of nitrogens with zero attached hydrogens (tertiary/aromatic N) is 2. The zero-order valence-electron chi connectivity index (χ0n) is 15.6. The molecule has 0 unspecified atom stereocenters. The maximum absolute atomic E-state index is 5.56. The molecule has 1 heterocycles. The van der Waals surface area contributed by atoms with Crippen molar-refractivity contribution in [2.24, 2.45) is 7.05 Å². The van der Waals surface area contributed by atoms with E-state index in [1.807, 2.05) is 78.5 Å². The summed E-state index contributed by atoms with van der Waals surface area (Å²) in [4.78, 5) is 0. The summed E-state index contributed by atoms with van der Waals surface area (Å²) in [6, 6.07) is 19.6. The summed E-state index contributed by atoms with van der Waals surface area (Å²) in [6.45, 7) is 3.98. The van der Waals surface area contributed by atoms with Crippen molar-refractivity contribution in [3.05, 3.63) is 90.5 Å². The topological polar surface area (TPSA) is 27.3 Å². The van der Waals surface area contributed by atoms with Crippen molar-refractivity contribution in [1.29, 1.82) is 0 Å². The van der Waals surface area contributed by atoms with Gasteiger partial charge in [-0.3, -0.25) is 0 Å². The Balaban J connectivity index is 0.000000273. The third kappa shape index (κ3) is 8.87. The summed E-state index contributed by atoms with van der Waals surface area (Å²) in [5.74, 6) is 0. The van der Waals surface area contributed by atoms with Crippen molar-refractivity contribution < 1.29 is 13.6 Å². The van der Waals surface area contributed by atoms with Crippen LogP contribution in [0.2, 0.25) is 0 Å². The van der Waals surface area contributed by atoms with Crippen LogP contribution in [0.5, 0.6) is 0 Å². The molecule has 144 valence electrons. The minimum atomic E-state index is -2.61. The van der Waals surface area contributed by atoms with Gasteiger partial charge in [0.25, 0.3) is 0 Å². The van der Waals surface area contributed by atoms with Crippen LogP contribution in [-0.4, -0.2) is 4.57 Å². The number of benzene rings is 2. The SMILES string of the molecule is CCn1cc[n+](C)c1.S=P([S-])(OCc1ccccc1)OCc1ccccc1. The molecule has 0 spiro atoms. The third-order valence-electron chi connectivity index (χ3n) is 3.65. The van der Waals surface area contributed by atoms with E-state index in [0.29, 0.717) is 13.2 Å². The molecule has 0 saturated carbocycles. The van der Waals surface area contributed by atoms with Crippen molar-refractivity contribution in [2.45, 2.75) is 26.7 Å². The molecule has 27 heavy (non-hydrogen) atoms. The van der Waals surface area contributed by atoms with Gasteiger partial charge in [0, 0.05) is 0 Å². The Bertz CT molecular complexity index is 794. The number of rotatable bonds is 7. The number of hydrogen-bond acceptors (Lipinski definition) is 4. The van der Waals surface area contributed by atoms with Gasteiger partial charge in [-0.1, -0.05) is 72.5 Å². The van der Waals surface area contributed by atoms with Gasteiger partial charge in [-0.25, -0.2) is 9.13 Å². The summed E-state index contributed by atoms with van der Waals surface area (Å²) < 4.78 is 15.3. The molecule has 1 aromatic heterocycles. The highest BCUT2D eigenvalue weighted by Gasteiger charge is 2.03. The predicted octanol–water partition coefficient (Wildman–Crippen LogP) is 4.52. The normalized spacial score (nSPS) is 10.9. The molecular weight excluding hydrogens is 395 g/mol. The largest absolute Gasteiger partial charge is 0.691 e. The Hall–Kier alpha value is -1.43. The molecule has 0 atom stereocenters. The molecule has 0 aliphatic carbocycles. The van der Waals surface area contributed by atoms with Crippen LogP contribution in [0.1, 0.15) is 18.1 Å². The molecule has 3 rings (SSSR count). The lowest BCUT2D eigenvalue weighted by molar-refractivity contribution is -0.671. The number of aromatic nitrogens is 2. The lowest BCUT2D eigenvalue weighted by Gasteiger charge is -2.28. The fourth-order valence-corrected chi connectivity index (χ4v) is 3.50. The fraction of sp³-hybridized carbons (Fsp3) is 0.250. The van der Waals surface area contributed by atoms with E-state index in [2.05, 4.69) is 24.0 Å². The van der Waals surface area contributed by atoms with Crippen LogP contribution >= 0.6 is 5.69 Å². The molecule has 3 aromatic rings. The highest BCUT2D eigenvalue weighted by atomic mass is 32.9. The Labute approximate surface area is 172 Å². The maximum atomic E-state index is 5.56. The van der Waals surface area contributed by atoms with Crippen LogP contribution in [0.3, 0.4) is 0 Å². The molecule has 2 aromatic carbocycles. The molecule has 0 amide bonds. The summed E-state index contributed by atoms with van der Waals surface area (Å²) in [5.41, 5.74) is -0.514. The zero-order valence-corrected chi connectivity index (χ0v) is 18.1. The molecule has 0 radical (unpaired) electrons. The van der Waals surface area contributed by atoms with Crippen molar-refractivity contribution in [3.63, 3.8) is 0 Å². The average molecular weight is 421 g/mol. The first kappa shape index (κ1) is 21.9. The van der Waals surface area contributed by atoms with E-state index in [1.54, 1.807) is 0 Å². The van der Waals surface area contributed by atoms with Gasteiger partial charge in [-0.2, -0.15) is 0 Å². The van der Waals surface area contributed by atoms with Gasteiger partial charge in [0.15, 0.2) is 0 Å². The van der Waals surface area contributed by atoms with E-state index in [0.717, 1.165) is 17.7 Å². The fourth-order valence-electron chi connectivity index (χ4n) is 2.18. The van der Waals surface area contributed by atoms with Crippen LogP contribution in [0.15, 0.2) is 79.4 Å². The second-order valence-corrected chi connectivity index (χ2v) is 10.9. The molecule has 7 heteroatoms. The van der Waals surface area contributed by atoms with Gasteiger partial charge < -0.3 is 21.3 Å². The van der Waals surface area contributed by atoms with E-state index in [9.17, 15) is 0 Å². The van der Waals surface area contributed by atoms with Crippen molar-refractivity contribution in [1.82, 2.24) is 4.57 Å². The Kier molecular flexibility index (Phi) is 9.25. The van der Waals surface area contributed by atoms with Gasteiger partial charge in [0.1, 0.15) is 12.4 Å². The maximum Gasteiger partial charge on any atom is 0.243 e. The zero-order chi connectivity index (χ0) is 19.5. The van der Waals surface area contributed by atoms with E-state index < -0.39 is 5.69 Å². The third-order valence-corrected chi connectivity index (χ3v) is 5.81. The van der Waals surface area contributed by atoms with Crippen LogP contribution < -0.4 is 4.57 Å². The molecule has 4 nitrogen and oxygen atoms in total. The first-order chi connectivity index (χ1) is 13.0. The lowest BCUT2D eigenvalue weighted by atomic mass is 10.2. The standard InChI is InChI=1S/C14H15O2PS2.C6H11N2/c18-17(19,15-11-13-7-3-1-4-8-13)16-12-14-9-5-2-6-10-14;1-3-8-5-4-7(2)6-8/h1-10H,11-12H2,(H,18,19);4-6H,3H2,1-2H3/q;+1/p-1. The molecule has 0 fully saturated rings. The van der Waals surface area contributed by atoms with Gasteiger partial charge in [-0.05, 0) is 18.1 Å². The predicted molar refractivity (Wildman–Crippen MR) is 115 cm³/mol. The van der Waals surface area contributed by atoms with E-state index in [-0.39, 0.29) is 0 Å². The first-order valence-electron chi connectivity index (χ1n) is 8.67. The quantitative estimate of drug-likeness (QED) is 0.319. The van der Waals surface area contributed by atoms with Gasteiger partial charge in [0.05, 0.1) is 32.5 Å². The Morgan fingerprint density at radius 1 is 0.963 bits per heavy atom.